The van der Waals surface area contributed by atoms with Crippen LogP contribution in [0.5, 0.6) is 0 Å². The number of nitrogens with zero attached hydrogens (tertiary/aromatic N) is 5. The van der Waals surface area contributed by atoms with Gasteiger partial charge in [-0.2, -0.15) is 10.2 Å². The number of carbonyl (C=O) groups is 2. The molecule has 2 aromatic heterocycles. The number of likely N-dealkylation sites (tertiary alicyclic amines) is 1. The quantitative estimate of drug-likeness (QED) is 0.607. The number of halogens is 1. The second-order valence-corrected chi connectivity index (χ2v) is 9.28. The molecule has 2 amide bonds. The molecule has 11 heteroatoms. The highest BCUT2D eigenvalue weighted by atomic mass is 19.1. The van der Waals surface area contributed by atoms with Crippen LogP contribution in [0.3, 0.4) is 0 Å². The van der Waals surface area contributed by atoms with E-state index in [1.807, 2.05) is 20.8 Å². The lowest BCUT2D eigenvalue weighted by atomic mass is 9.86. The van der Waals surface area contributed by atoms with Gasteiger partial charge < -0.3 is 21.1 Å². The fourth-order valence-corrected chi connectivity index (χ4v) is 3.64. The van der Waals surface area contributed by atoms with Gasteiger partial charge in [0.25, 0.3) is 0 Å². The fourth-order valence-electron chi connectivity index (χ4n) is 3.64. The summed E-state index contributed by atoms with van der Waals surface area (Å²) in [5, 5.41) is 24.9. The monoisotopic (exact) mass is 447 g/mol. The molecule has 0 unspecified atom stereocenters. The number of β-amino-alcohol motifs (C(OH)–C–C–N with tert-alkyl or cyclic N) is 1. The molecule has 2 aromatic rings. The van der Waals surface area contributed by atoms with E-state index >= 15 is 0 Å². The van der Waals surface area contributed by atoms with Gasteiger partial charge in [-0.25, -0.2) is 4.39 Å². The van der Waals surface area contributed by atoms with Crippen LogP contribution in [-0.2, 0) is 16.6 Å². The molecule has 1 fully saturated rings. The van der Waals surface area contributed by atoms with Crippen LogP contribution < -0.4 is 11.1 Å². The van der Waals surface area contributed by atoms with E-state index in [-0.39, 0.29) is 24.6 Å². The zero-order valence-corrected chi connectivity index (χ0v) is 18.9. The summed E-state index contributed by atoms with van der Waals surface area (Å²) in [6.45, 7) is 7.32. The van der Waals surface area contributed by atoms with Crippen molar-refractivity contribution >= 4 is 11.8 Å². The Balaban J connectivity index is 1.71. The first-order chi connectivity index (χ1) is 14.9. The van der Waals surface area contributed by atoms with Gasteiger partial charge >= 0.3 is 0 Å². The van der Waals surface area contributed by atoms with Gasteiger partial charge in [-0.15, -0.1) is 5.10 Å². The van der Waals surface area contributed by atoms with Crippen molar-refractivity contribution in [1.29, 1.82) is 0 Å². The van der Waals surface area contributed by atoms with Gasteiger partial charge in [0.2, 0.25) is 11.8 Å². The predicted octanol–water partition coefficient (Wildman–Crippen LogP) is 0.529. The first kappa shape index (κ1) is 23.7. The standard InChI is InChI=1S/C21H30FN7O3/c1-11(14-6-7-15(27-26-14)17-13(22)9-24-28(17)5)25-19(31)16-8-12(30)10-29(16)20(32)18(23)21(2,3)4/h6-7,9,11-12,16,18,30H,8,10,23H2,1-5H3,(H,25,31)/t11-,12+,16-,18+/m0/s1. The van der Waals surface area contributed by atoms with E-state index in [2.05, 4.69) is 20.6 Å². The number of rotatable bonds is 5. The number of aromatic nitrogens is 4. The van der Waals surface area contributed by atoms with Crippen molar-refractivity contribution in [3.63, 3.8) is 0 Å². The minimum Gasteiger partial charge on any atom is -0.391 e. The molecular formula is C21H30FN7O3. The van der Waals surface area contributed by atoms with E-state index in [1.165, 1.54) is 9.58 Å². The molecule has 0 spiro atoms. The van der Waals surface area contributed by atoms with Crippen LogP contribution >= 0.6 is 0 Å². The average Bonchev–Trinajstić information content (AvgIpc) is 3.28. The summed E-state index contributed by atoms with van der Waals surface area (Å²) < 4.78 is 15.3. The van der Waals surface area contributed by atoms with Crippen LogP contribution in [-0.4, -0.2) is 66.5 Å². The van der Waals surface area contributed by atoms with Crippen LogP contribution in [0.1, 0.15) is 45.9 Å². The van der Waals surface area contributed by atoms with E-state index in [0.717, 1.165) is 6.20 Å². The minimum absolute atomic E-state index is 0.0554. The zero-order chi connectivity index (χ0) is 23.8. The van der Waals surface area contributed by atoms with Crippen molar-refractivity contribution in [2.24, 2.45) is 18.2 Å². The number of nitrogens with one attached hydrogen (secondary N) is 1. The molecule has 3 heterocycles. The number of hydrogen-bond donors (Lipinski definition) is 3. The highest BCUT2D eigenvalue weighted by molar-refractivity contribution is 5.91. The molecule has 3 rings (SSSR count). The lowest BCUT2D eigenvalue weighted by Crippen LogP contribution is -2.55. The average molecular weight is 448 g/mol. The molecule has 32 heavy (non-hydrogen) atoms. The van der Waals surface area contributed by atoms with Gasteiger partial charge in [0, 0.05) is 20.0 Å². The van der Waals surface area contributed by atoms with Gasteiger partial charge in [0.15, 0.2) is 5.82 Å². The topological polar surface area (TPSA) is 139 Å². The Morgan fingerprint density at radius 2 is 2.00 bits per heavy atom. The Bertz CT molecular complexity index is 967. The minimum atomic E-state index is -0.830. The van der Waals surface area contributed by atoms with Crippen LogP contribution in [0.25, 0.3) is 11.4 Å². The molecule has 1 aliphatic rings. The van der Waals surface area contributed by atoms with Gasteiger partial charge in [-0.05, 0) is 24.5 Å². The van der Waals surface area contributed by atoms with Gasteiger partial charge in [-0.1, -0.05) is 20.8 Å². The summed E-state index contributed by atoms with van der Waals surface area (Å²) in [5.74, 6) is -1.29. The highest BCUT2D eigenvalue weighted by Crippen LogP contribution is 2.25. The third-order valence-electron chi connectivity index (χ3n) is 5.69. The number of aliphatic hydroxyl groups excluding tert-OH is 1. The van der Waals surface area contributed by atoms with Crippen molar-refractivity contribution in [2.45, 2.75) is 58.3 Å². The van der Waals surface area contributed by atoms with Crippen molar-refractivity contribution in [2.75, 3.05) is 6.54 Å². The van der Waals surface area contributed by atoms with E-state index in [1.54, 1.807) is 26.1 Å². The fraction of sp³-hybridized carbons (Fsp3) is 0.571. The van der Waals surface area contributed by atoms with Gasteiger partial charge in [0.05, 0.1) is 30.1 Å². The maximum Gasteiger partial charge on any atom is 0.243 e. The maximum absolute atomic E-state index is 13.9. The molecule has 0 saturated carbocycles. The summed E-state index contributed by atoms with van der Waals surface area (Å²) in [7, 11) is 1.60. The summed E-state index contributed by atoms with van der Waals surface area (Å²) >= 11 is 0. The molecule has 0 aliphatic carbocycles. The third-order valence-corrected chi connectivity index (χ3v) is 5.69. The second-order valence-electron chi connectivity index (χ2n) is 9.28. The normalized spacial score (nSPS) is 20.8. The molecule has 10 nitrogen and oxygen atoms in total. The molecule has 1 saturated heterocycles. The number of aliphatic hydroxyl groups is 1. The SMILES string of the molecule is C[C@H](NC(=O)[C@@H]1C[C@@H](O)CN1C(=O)[C@@H](N)C(C)(C)C)c1ccc(-c2c(F)cnn2C)nn1. The lowest BCUT2D eigenvalue weighted by Gasteiger charge is -2.32. The van der Waals surface area contributed by atoms with Crippen molar-refractivity contribution in [1.82, 2.24) is 30.2 Å². The molecule has 0 aromatic carbocycles. The van der Waals surface area contributed by atoms with Crippen LogP contribution in [0, 0.1) is 11.2 Å². The Hall–Kier alpha value is -2.92. The Labute approximate surface area is 186 Å². The van der Waals surface area contributed by atoms with E-state index in [0.29, 0.717) is 11.4 Å². The lowest BCUT2D eigenvalue weighted by molar-refractivity contribution is -0.141. The Morgan fingerprint density at radius 3 is 2.53 bits per heavy atom. The molecule has 174 valence electrons. The first-order valence-electron chi connectivity index (χ1n) is 10.5. The molecule has 1 aliphatic heterocycles. The van der Waals surface area contributed by atoms with E-state index < -0.39 is 41.4 Å². The van der Waals surface area contributed by atoms with Gasteiger partial charge in [0.1, 0.15) is 17.4 Å². The third kappa shape index (κ3) is 4.78. The van der Waals surface area contributed by atoms with E-state index in [9.17, 15) is 19.1 Å². The molecule has 4 atom stereocenters. The number of carbonyl (C=O) groups excluding carboxylic acids is 2. The highest BCUT2D eigenvalue weighted by Gasteiger charge is 2.43. The Morgan fingerprint density at radius 1 is 1.31 bits per heavy atom. The molecular weight excluding hydrogens is 417 g/mol. The summed E-state index contributed by atoms with van der Waals surface area (Å²) in [5.41, 5.74) is 6.61. The first-order valence-corrected chi connectivity index (χ1v) is 10.5. The zero-order valence-electron chi connectivity index (χ0n) is 18.9. The van der Waals surface area contributed by atoms with E-state index in [4.69, 9.17) is 5.73 Å². The van der Waals surface area contributed by atoms with Crippen LogP contribution in [0.2, 0.25) is 0 Å². The molecule has 0 radical (unpaired) electrons. The number of nitrogens with two attached hydrogens (primary N) is 1. The van der Waals surface area contributed by atoms with Crippen LogP contribution in [0.4, 0.5) is 4.39 Å². The Kier molecular flexibility index (Phi) is 6.61. The second kappa shape index (κ2) is 8.91. The number of amides is 2. The van der Waals surface area contributed by atoms with Crippen LogP contribution in [0.15, 0.2) is 18.3 Å². The van der Waals surface area contributed by atoms with Crippen molar-refractivity contribution in [3.05, 3.63) is 29.8 Å². The smallest absolute Gasteiger partial charge is 0.243 e. The summed E-state index contributed by atoms with van der Waals surface area (Å²) in [6, 6.07) is 1.09. The van der Waals surface area contributed by atoms with Gasteiger partial charge in [-0.3, -0.25) is 14.3 Å². The predicted molar refractivity (Wildman–Crippen MR) is 114 cm³/mol. The number of aryl methyl sites for hydroxylation is 1. The number of hydrogen-bond acceptors (Lipinski definition) is 7. The molecule has 0 bridgehead atoms. The summed E-state index contributed by atoms with van der Waals surface area (Å²) in [6.07, 6.45) is 0.429. The van der Waals surface area contributed by atoms with Crippen molar-refractivity contribution < 1.29 is 19.1 Å². The van der Waals surface area contributed by atoms with Crippen molar-refractivity contribution in [3.8, 4) is 11.4 Å². The summed E-state index contributed by atoms with van der Waals surface area (Å²) in [4.78, 5) is 27.2. The maximum atomic E-state index is 13.9. The molecule has 4 N–H and O–H groups in total. The largest absolute Gasteiger partial charge is 0.391 e.